The molecule has 0 saturated carbocycles. The van der Waals surface area contributed by atoms with Crippen LogP contribution in [0.15, 0.2) is 42.7 Å². The van der Waals surface area contributed by atoms with E-state index in [1.165, 1.54) is 17.8 Å². The number of benzene rings is 1. The van der Waals surface area contributed by atoms with Crippen molar-refractivity contribution < 1.29 is 9.18 Å². The third-order valence-corrected chi connectivity index (χ3v) is 4.50. The topological polar surface area (TPSA) is 42.0 Å². The highest BCUT2D eigenvalue weighted by Gasteiger charge is 2.27. The molecule has 1 amide bonds. The Kier molecular flexibility index (Phi) is 3.69. The van der Waals surface area contributed by atoms with E-state index in [9.17, 15) is 9.18 Å². The highest BCUT2D eigenvalue weighted by atomic mass is 32.2. The molecule has 1 aliphatic heterocycles. The lowest BCUT2D eigenvalue weighted by molar-refractivity contribution is -0.115. The molecule has 1 N–H and O–H groups in total. The van der Waals surface area contributed by atoms with Crippen LogP contribution in [0.3, 0.4) is 0 Å². The molecule has 0 bridgehead atoms. The smallest absolute Gasteiger partial charge is 0.242 e. The third-order valence-electron chi connectivity index (χ3n) is 3.26. The first-order valence-corrected chi connectivity index (χ1v) is 7.40. The van der Waals surface area contributed by atoms with Crippen LogP contribution in [0.5, 0.6) is 0 Å². The molecule has 102 valence electrons. The molecule has 2 heterocycles. The molecule has 1 aromatic carbocycles. The number of aryl methyl sites for hydroxylation is 1. The van der Waals surface area contributed by atoms with E-state index in [-0.39, 0.29) is 16.8 Å². The standard InChI is InChI=1S/C15H13FN2OS/c16-12-9-17-7-5-13(12)18-15(19)14-11-4-2-1-3-10(11)6-8-20-14/h1-5,7,9,14H,6,8H2,(H,17,18,19)/t14-/m1/s1. The number of rotatable bonds is 2. The Morgan fingerprint density at radius 3 is 3.05 bits per heavy atom. The van der Waals surface area contributed by atoms with Gasteiger partial charge < -0.3 is 5.32 Å². The summed E-state index contributed by atoms with van der Waals surface area (Å²) in [5.74, 6) is 0.190. The number of amides is 1. The van der Waals surface area contributed by atoms with Gasteiger partial charge in [0, 0.05) is 6.20 Å². The maximum atomic E-state index is 13.5. The molecule has 0 aliphatic carbocycles. The van der Waals surface area contributed by atoms with Crippen LogP contribution in [-0.4, -0.2) is 16.6 Å². The molecule has 1 aromatic heterocycles. The highest BCUT2D eigenvalue weighted by Crippen LogP contribution is 2.37. The molecule has 0 spiro atoms. The number of hydrogen-bond donors (Lipinski definition) is 1. The molecule has 20 heavy (non-hydrogen) atoms. The number of carbonyl (C=O) groups is 1. The van der Waals surface area contributed by atoms with Crippen molar-refractivity contribution in [1.29, 1.82) is 0 Å². The van der Waals surface area contributed by atoms with Gasteiger partial charge in [0.1, 0.15) is 5.25 Å². The molecule has 0 radical (unpaired) electrons. The SMILES string of the molecule is O=C(Nc1ccncc1F)[C@@H]1SCCc2ccccc21. The van der Waals surface area contributed by atoms with Crippen LogP contribution in [0, 0.1) is 5.82 Å². The summed E-state index contributed by atoms with van der Waals surface area (Å²) in [5.41, 5.74) is 2.39. The zero-order chi connectivity index (χ0) is 13.9. The summed E-state index contributed by atoms with van der Waals surface area (Å²) in [5, 5.41) is 2.36. The van der Waals surface area contributed by atoms with Crippen molar-refractivity contribution in [3.8, 4) is 0 Å². The zero-order valence-electron chi connectivity index (χ0n) is 10.7. The van der Waals surface area contributed by atoms with E-state index in [0.717, 1.165) is 23.9 Å². The normalized spacial score (nSPS) is 17.4. The van der Waals surface area contributed by atoms with Crippen LogP contribution in [0.2, 0.25) is 0 Å². The number of carbonyl (C=O) groups excluding carboxylic acids is 1. The second-order valence-electron chi connectivity index (χ2n) is 4.54. The summed E-state index contributed by atoms with van der Waals surface area (Å²) in [6, 6.07) is 9.38. The second kappa shape index (κ2) is 5.63. The lowest BCUT2D eigenvalue weighted by Gasteiger charge is -2.24. The molecule has 3 nitrogen and oxygen atoms in total. The van der Waals surface area contributed by atoms with Gasteiger partial charge in [0.05, 0.1) is 11.9 Å². The van der Waals surface area contributed by atoms with E-state index in [0.29, 0.717) is 0 Å². The van der Waals surface area contributed by atoms with Gasteiger partial charge in [-0.15, -0.1) is 11.8 Å². The van der Waals surface area contributed by atoms with Gasteiger partial charge in [-0.2, -0.15) is 0 Å². The van der Waals surface area contributed by atoms with E-state index in [4.69, 9.17) is 0 Å². The van der Waals surface area contributed by atoms with Gasteiger partial charge in [-0.05, 0) is 29.4 Å². The number of thioether (sulfide) groups is 1. The van der Waals surface area contributed by atoms with Crippen molar-refractivity contribution >= 4 is 23.4 Å². The minimum Gasteiger partial charge on any atom is -0.322 e. The average Bonchev–Trinajstić information content (AvgIpc) is 2.49. The van der Waals surface area contributed by atoms with Gasteiger partial charge in [-0.1, -0.05) is 24.3 Å². The van der Waals surface area contributed by atoms with Gasteiger partial charge in [0.2, 0.25) is 5.91 Å². The predicted octanol–water partition coefficient (Wildman–Crippen LogP) is 3.19. The average molecular weight is 288 g/mol. The lowest BCUT2D eigenvalue weighted by Crippen LogP contribution is -2.23. The van der Waals surface area contributed by atoms with Crippen LogP contribution in [0.4, 0.5) is 10.1 Å². The molecule has 5 heteroatoms. The summed E-state index contributed by atoms with van der Waals surface area (Å²) in [6.07, 6.45) is 3.52. The molecule has 0 fully saturated rings. The van der Waals surface area contributed by atoms with E-state index in [2.05, 4.69) is 10.3 Å². The summed E-state index contributed by atoms with van der Waals surface area (Å²) in [6.45, 7) is 0. The first-order valence-electron chi connectivity index (χ1n) is 6.35. The Hall–Kier alpha value is -1.88. The quantitative estimate of drug-likeness (QED) is 0.922. The van der Waals surface area contributed by atoms with E-state index in [1.54, 1.807) is 11.8 Å². The van der Waals surface area contributed by atoms with Crippen molar-refractivity contribution in [2.75, 3.05) is 11.1 Å². The van der Waals surface area contributed by atoms with Gasteiger partial charge in [0.15, 0.2) is 5.82 Å². The molecule has 1 atom stereocenters. The Balaban J connectivity index is 1.84. The van der Waals surface area contributed by atoms with E-state index >= 15 is 0 Å². The van der Waals surface area contributed by atoms with E-state index < -0.39 is 5.82 Å². The molecule has 2 aromatic rings. The number of nitrogens with zero attached hydrogens (tertiary/aromatic N) is 1. The first-order chi connectivity index (χ1) is 9.75. The van der Waals surface area contributed by atoms with Gasteiger partial charge >= 0.3 is 0 Å². The number of hydrogen-bond acceptors (Lipinski definition) is 3. The zero-order valence-corrected chi connectivity index (χ0v) is 11.5. The summed E-state index contributed by atoms with van der Waals surface area (Å²) < 4.78 is 13.5. The van der Waals surface area contributed by atoms with Crippen molar-refractivity contribution in [2.24, 2.45) is 0 Å². The van der Waals surface area contributed by atoms with Crippen LogP contribution >= 0.6 is 11.8 Å². The molecule has 1 aliphatic rings. The van der Waals surface area contributed by atoms with Gasteiger partial charge in [0.25, 0.3) is 0 Å². The highest BCUT2D eigenvalue weighted by molar-refractivity contribution is 8.00. The van der Waals surface area contributed by atoms with Crippen LogP contribution in [0.25, 0.3) is 0 Å². The first kappa shape index (κ1) is 13.1. The van der Waals surface area contributed by atoms with Crippen LogP contribution in [-0.2, 0) is 11.2 Å². The maximum Gasteiger partial charge on any atom is 0.242 e. The number of halogens is 1. The Morgan fingerprint density at radius 2 is 2.20 bits per heavy atom. The maximum absolute atomic E-state index is 13.5. The lowest BCUT2D eigenvalue weighted by atomic mass is 10.0. The fourth-order valence-electron chi connectivity index (χ4n) is 2.29. The largest absolute Gasteiger partial charge is 0.322 e. The minimum atomic E-state index is -0.519. The summed E-state index contributed by atoms with van der Waals surface area (Å²) >= 11 is 1.59. The van der Waals surface area contributed by atoms with Crippen molar-refractivity contribution in [1.82, 2.24) is 4.98 Å². The Bertz CT molecular complexity index is 647. The second-order valence-corrected chi connectivity index (χ2v) is 5.76. The molecule has 0 saturated heterocycles. The monoisotopic (exact) mass is 288 g/mol. The fourth-order valence-corrected chi connectivity index (χ4v) is 3.48. The molecular formula is C15H13FN2OS. The molecule has 3 rings (SSSR count). The Labute approximate surface area is 120 Å². The van der Waals surface area contributed by atoms with Crippen molar-refractivity contribution in [3.63, 3.8) is 0 Å². The number of aromatic nitrogens is 1. The number of pyridine rings is 1. The predicted molar refractivity (Wildman–Crippen MR) is 78.2 cm³/mol. The molecule has 0 unspecified atom stereocenters. The number of nitrogens with one attached hydrogen (secondary N) is 1. The fraction of sp³-hybridized carbons (Fsp3) is 0.200. The van der Waals surface area contributed by atoms with E-state index in [1.807, 2.05) is 24.3 Å². The molecular weight excluding hydrogens is 275 g/mol. The minimum absolute atomic E-state index is 0.175. The number of fused-ring (bicyclic) bond motifs is 1. The van der Waals surface area contributed by atoms with Crippen LogP contribution < -0.4 is 5.32 Å². The summed E-state index contributed by atoms with van der Waals surface area (Å²) in [7, 11) is 0. The number of anilines is 1. The summed E-state index contributed by atoms with van der Waals surface area (Å²) in [4.78, 5) is 16.0. The van der Waals surface area contributed by atoms with Crippen molar-refractivity contribution in [3.05, 3.63) is 59.7 Å². The van der Waals surface area contributed by atoms with Gasteiger partial charge in [-0.25, -0.2) is 4.39 Å². The third kappa shape index (κ3) is 2.54. The van der Waals surface area contributed by atoms with Crippen LogP contribution in [0.1, 0.15) is 16.4 Å². The Morgan fingerprint density at radius 1 is 1.35 bits per heavy atom. The van der Waals surface area contributed by atoms with Gasteiger partial charge in [-0.3, -0.25) is 9.78 Å². The van der Waals surface area contributed by atoms with Crippen molar-refractivity contribution in [2.45, 2.75) is 11.7 Å².